The van der Waals surface area contributed by atoms with Crippen LogP contribution >= 0.6 is 0 Å². The van der Waals surface area contributed by atoms with Gasteiger partial charge in [0.1, 0.15) is 0 Å². The minimum absolute atomic E-state index is 0.0967. The number of carbonyl (C=O) groups excluding carboxylic acids is 1. The van der Waals surface area contributed by atoms with Gasteiger partial charge in [0.25, 0.3) is 5.91 Å². The second kappa shape index (κ2) is 4.12. The van der Waals surface area contributed by atoms with Crippen molar-refractivity contribution in [1.82, 2.24) is 0 Å². The number of nitrogens with zero attached hydrogens (tertiary/aromatic N) is 1. The van der Waals surface area contributed by atoms with Crippen molar-refractivity contribution in [3.05, 3.63) is 41.5 Å². The Bertz CT molecular complexity index is 431. The quantitative estimate of drug-likeness (QED) is 0.705. The van der Waals surface area contributed by atoms with E-state index >= 15 is 0 Å². The highest BCUT2D eigenvalue weighted by Gasteiger charge is 2.22. The zero-order valence-electron chi connectivity index (χ0n) is 10.0. The molecule has 84 valence electrons. The van der Waals surface area contributed by atoms with Crippen molar-refractivity contribution in [2.75, 3.05) is 11.4 Å². The van der Waals surface area contributed by atoms with Gasteiger partial charge in [0, 0.05) is 18.3 Å². The monoisotopic (exact) mass is 215 g/mol. The first-order chi connectivity index (χ1) is 7.58. The van der Waals surface area contributed by atoms with E-state index in [2.05, 4.69) is 13.8 Å². The molecule has 0 fully saturated rings. The molecule has 1 heterocycles. The van der Waals surface area contributed by atoms with E-state index < -0.39 is 0 Å². The van der Waals surface area contributed by atoms with Crippen LogP contribution in [0.4, 0.5) is 5.69 Å². The average Bonchev–Trinajstić information content (AvgIpc) is 2.25. The summed E-state index contributed by atoms with van der Waals surface area (Å²) in [6.45, 7) is 7.01. The number of carbonyl (C=O) groups is 1. The maximum Gasteiger partial charge on any atom is 0.250 e. The molecule has 0 saturated heterocycles. The molecule has 0 saturated carbocycles. The molecule has 16 heavy (non-hydrogen) atoms. The van der Waals surface area contributed by atoms with E-state index in [4.69, 9.17) is 0 Å². The molecule has 2 rings (SSSR count). The molecule has 0 radical (unpaired) electrons. The molecule has 1 aromatic carbocycles. The molecule has 1 unspecified atom stereocenters. The summed E-state index contributed by atoms with van der Waals surface area (Å²) in [5.74, 6) is 0.540. The van der Waals surface area contributed by atoms with E-state index in [-0.39, 0.29) is 5.91 Å². The zero-order chi connectivity index (χ0) is 11.7. The maximum atomic E-state index is 11.9. The molecule has 0 N–H and O–H groups in total. The molecule has 0 aromatic heterocycles. The molecule has 1 aliphatic heterocycles. The topological polar surface area (TPSA) is 20.3 Å². The van der Waals surface area contributed by atoms with Crippen molar-refractivity contribution in [1.29, 1.82) is 0 Å². The van der Waals surface area contributed by atoms with E-state index in [1.165, 1.54) is 11.1 Å². The molecule has 2 nitrogen and oxygen atoms in total. The predicted octanol–water partition coefficient (Wildman–Crippen LogP) is 2.92. The Labute approximate surface area is 96.6 Å². The van der Waals surface area contributed by atoms with Crippen molar-refractivity contribution in [2.24, 2.45) is 5.92 Å². The van der Waals surface area contributed by atoms with Gasteiger partial charge in [0.2, 0.25) is 0 Å². The summed E-state index contributed by atoms with van der Waals surface area (Å²) in [6, 6.07) is 8.10. The van der Waals surface area contributed by atoms with Gasteiger partial charge < -0.3 is 4.90 Å². The molecule has 1 amide bonds. The minimum Gasteiger partial charge on any atom is -0.308 e. The maximum absolute atomic E-state index is 11.9. The number of hydrogen-bond donors (Lipinski definition) is 0. The van der Waals surface area contributed by atoms with E-state index in [9.17, 15) is 4.79 Å². The van der Waals surface area contributed by atoms with Crippen LogP contribution in [0.5, 0.6) is 0 Å². The lowest BCUT2D eigenvalue weighted by atomic mass is 9.97. The fourth-order valence-corrected chi connectivity index (χ4v) is 1.88. The minimum atomic E-state index is 0.0967. The fraction of sp³-hybridized carbons (Fsp3) is 0.357. The van der Waals surface area contributed by atoms with Gasteiger partial charge in [-0.25, -0.2) is 0 Å². The normalized spacial score (nSPS) is 20.9. The number of hydrogen-bond acceptors (Lipinski definition) is 1. The van der Waals surface area contributed by atoms with E-state index in [1.54, 1.807) is 6.08 Å². The highest BCUT2D eigenvalue weighted by molar-refractivity contribution is 6.02. The second-order valence-corrected chi connectivity index (χ2v) is 4.57. The van der Waals surface area contributed by atoms with Gasteiger partial charge in [-0.3, -0.25) is 4.79 Å². The Hall–Kier alpha value is -1.57. The molecular weight excluding hydrogens is 198 g/mol. The lowest BCUT2D eigenvalue weighted by Crippen LogP contribution is -2.37. The summed E-state index contributed by atoms with van der Waals surface area (Å²) in [5.41, 5.74) is 3.38. The molecule has 1 aromatic rings. The van der Waals surface area contributed by atoms with Gasteiger partial charge in [-0.05, 0) is 31.9 Å². The largest absolute Gasteiger partial charge is 0.308 e. The highest BCUT2D eigenvalue weighted by atomic mass is 16.2. The van der Waals surface area contributed by atoms with E-state index in [0.29, 0.717) is 5.92 Å². The van der Waals surface area contributed by atoms with Crippen molar-refractivity contribution >= 4 is 11.6 Å². The van der Waals surface area contributed by atoms with Gasteiger partial charge in [-0.15, -0.1) is 0 Å². The summed E-state index contributed by atoms with van der Waals surface area (Å²) in [7, 11) is 0. The Kier molecular flexibility index (Phi) is 2.82. The number of rotatable bonds is 1. The van der Waals surface area contributed by atoms with Crippen LogP contribution in [0.15, 0.2) is 35.9 Å². The molecule has 1 atom stereocenters. The predicted molar refractivity (Wildman–Crippen MR) is 66.5 cm³/mol. The highest BCUT2D eigenvalue weighted by Crippen LogP contribution is 2.24. The summed E-state index contributed by atoms with van der Waals surface area (Å²) >= 11 is 0. The molecule has 0 bridgehead atoms. The molecule has 0 aliphatic carbocycles. The Morgan fingerprint density at radius 2 is 1.81 bits per heavy atom. The smallest absolute Gasteiger partial charge is 0.250 e. The van der Waals surface area contributed by atoms with Crippen LogP contribution in [-0.4, -0.2) is 12.5 Å². The van der Waals surface area contributed by atoms with Crippen LogP contribution < -0.4 is 4.90 Å². The van der Waals surface area contributed by atoms with Crippen LogP contribution in [0, 0.1) is 12.8 Å². The SMILES string of the molecule is CC1=CC(=O)N(c2ccc(C)cc2)CC1C. The standard InChI is InChI=1S/C14H17NO/c1-10-4-6-13(7-5-10)15-9-12(3)11(2)8-14(15)16/h4-8,12H,9H2,1-3H3. The van der Waals surface area contributed by atoms with E-state index in [0.717, 1.165) is 12.2 Å². The Balaban J connectivity index is 2.29. The lowest BCUT2D eigenvalue weighted by molar-refractivity contribution is -0.114. The van der Waals surface area contributed by atoms with Crippen molar-refractivity contribution in [3.8, 4) is 0 Å². The van der Waals surface area contributed by atoms with Crippen molar-refractivity contribution < 1.29 is 4.79 Å². The molecule has 2 heteroatoms. The first kappa shape index (κ1) is 10.9. The van der Waals surface area contributed by atoms with Gasteiger partial charge in [-0.2, -0.15) is 0 Å². The summed E-state index contributed by atoms with van der Waals surface area (Å²) in [6.07, 6.45) is 1.74. The van der Waals surface area contributed by atoms with Crippen LogP contribution in [0.2, 0.25) is 0 Å². The van der Waals surface area contributed by atoms with Crippen LogP contribution in [0.3, 0.4) is 0 Å². The van der Waals surface area contributed by atoms with Crippen molar-refractivity contribution in [3.63, 3.8) is 0 Å². The molecular formula is C14H17NO. The summed E-state index contributed by atoms with van der Waals surface area (Å²) in [4.78, 5) is 13.7. The third-order valence-electron chi connectivity index (χ3n) is 3.20. The average molecular weight is 215 g/mol. The van der Waals surface area contributed by atoms with Crippen LogP contribution in [0.1, 0.15) is 19.4 Å². The summed E-state index contributed by atoms with van der Waals surface area (Å²) in [5, 5.41) is 0. The van der Waals surface area contributed by atoms with Crippen LogP contribution in [-0.2, 0) is 4.79 Å². The van der Waals surface area contributed by atoms with Gasteiger partial charge in [-0.1, -0.05) is 30.2 Å². The van der Waals surface area contributed by atoms with Crippen molar-refractivity contribution in [2.45, 2.75) is 20.8 Å². The number of aryl methyl sites for hydroxylation is 1. The fourth-order valence-electron chi connectivity index (χ4n) is 1.88. The van der Waals surface area contributed by atoms with Crippen LogP contribution in [0.25, 0.3) is 0 Å². The number of benzene rings is 1. The Morgan fingerprint density at radius 1 is 1.19 bits per heavy atom. The number of amides is 1. The van der Waals surface area contributed by atoms with E-state index in [1.807, 2.05) is 36.1 Å². The number of anilines is 1. The third-order valence-corrected chi connectivity index (χ3v) is 3.20. The molecule has 1 aliphatic rings. The first-order valence-electron chi connectivity index (χ1n) is 5.64. The zero-order valence-corrected chi connectivity index (χ0v) is 10.0. The van der Waals surface area contributed by atoms with Gasteiger partial charge in [0.15, 0.2) is 0 Å². The second-order valence-electron chi connectivity index (χ2n) is 4.57. The van der Waals surface area contributed by atoms with Gasteiger partial charge >= 0.3 is 0 Å². The summed E-state index contributed by atoms with van der Waals surface area (Å²) < 4.78 is 0. The first-order valence-corrected chi connectivity index (χ1v) is 5.64. The van der Waals surface area contributed by atoms with Gasteiger partial charge in [0.05, 0.1) is 0 Å². The Morgan fingerprint density at radius 3 is 2.44 bits per heavy atom. The molecule has 0 spiro atoms. The third kappa shape index (κ3) is 2.01. The lowest BCUT2D eigenvalue weighted by Gasteiger charge is -2.29.